The molecule has 0 aliphatic carbocycles. The smallest absolute Gasteiger partial charge is 0.475 e. The van der Waals surface area contributed by atoms with Crippen molar-refractivity contribution in [2.75, 3.05) is 31.6 Å². The van der Waals surface area contributed by atoms with Gasteiger partial charge in [-0.25, -0.2) is 19.6 Å². The minimum atomic E-state index is -5.08. The number of carboxylic acid groups (broad SMARTS) is 2. The predicted octanol–water partition coefficient (Wildman–Crippen LogP) is 4.21. The Hall–Kier alpha value is -2.98. The summed E-state index contributed by atoms with van der Waals surface area (Å²) in [7, 11) is 0. The summed E-state index contributed by atoms with van der Waals surface area (Å²) < 4.78 is 69.6. The predicted molar refractivity (Wildman–Crippen MR) is 124 cm³/mol. The molecule has 0 radical (unpaired) electrons. The Kier molecular flexibility index (Phi) is 10.8. The summed E-state index contributed by atoms with van der Waals surface area (Å²) in [6, 6.07) is 5.98. The number of aryl methyl sites for hydroxylation is 1. The van der Waals surface area contributed by atoms with E-state index >= 15 is 0 Å². The molecule has 0 amide bonds. The molecule has 0 saturated carbocycles. The number of likely N-dealkylation sites (tertiary alicyclic amines) is 1. The number of alkyl halides is 6. The van der Waals surface area contributed by atoms with Crippen molar-refractivity contribution >= 4 is 29.1 Å². The summed E-state index contributed by atoms with van der Waals surface area (Å²) >= 11 is 1.76. The molecule has 2 aromatic heterocycles. The molecule has 212 valence electrons. The number of nitrogens with one attached hydrogen (secondary N) is 1. The van der Waals surface area contributed by atoms with E-state index in [9.17, 15) is 26.3 Å². The number of ether oxygens (including phenoxy) is 1. The van der Waals surface area contributed by atoms with Gasteiger partial charge in [0.1, 0.15) is 5.82 Å². The van der Waals surface area contributed by atoms with E-state index in [-0.39, 0.29) is 5.60 Å². The summed E-state index contributed by atoms with van der Waals surface area (Å²) in [5, 5.41) is 17.7. The van der Waals surface area contributed by atoms with Gasteiger partial charge in [0, 0.05) is 43.9 Å². The third-order valence-electron chi connectivity index (χ3n) is 5.74. The fourth-order valence-electron chi connectivity index (χ4n) is 3.89. The van der Waals surface area contributed by atoms with Crippen LogP contribution in [0.15, 0.2) is 29.9 Å². The first kappa shape index (κ1) is 31.2. The quantitative estimate of drug-likeness (QED) is 0.437. The maximum absolute atomic E-state index is 10.6. The fourth-order valence-corrected chi connectivity index (χ4v) is 4.71. The van der Waals surface area contributed by atoms with Crippen LogP contribution in [0.5, 0.6) is 0 Å². The van der Waals surface area contributed by atoms with Gasteiger partial charge in [-0.1, -0.05) is 6.07 Å². The minimum Gasteiger partial charge on any atom is -0.475 e. The van der Waals surface area contributed by atoms with E-state index in [1.807, 2.05) is 29.9 Å². The van der Waals surface area contributed by atoms with E-state index in [1.54, 1.807) is 11.3 Å². The molecular weight excluding hydrogens is 546 g/mol. The number of carbonyl (C=O) groups is 2. The van der Waals surface area contributed by atoms with E-state index in [2.05, 4.69) is 27.1 Å². The molecule has 2 saturated heterocycles. The van der Waals surface area contributed by atoms with Gasteiger partial charge in [0.05, 0.1) is 16.8 Å². The van der Waals surface area contributed by atoms with E-state index in [1.165, 1.54) is 17.0 Å². The van der Waals surface area contributed by atoms with Crippen LogP contribution in [0.3, 0.4) is 0 Å². The Morgan fingerprint density at radius 1 is 1.13 bits per heavy atom. The second-order valence-corrected chi connectivity index (χ2v) is 9.38. The van der Waals surface area contributed by atoms with Crippen LogP contribution in [0.25, 0.3) is 0 Å². The highest BCUT2D eigenvalue weighted by molar-refractivity contribution is 7.09. The number of carboxylic acids is 2. The van der Waals surface area contributed by atoms with Gasteiger partial charge in [-0.15, -0.1) is 11.3 Å². The number of aromatic nitrogens is 2. The Labute approximate surface area is 217 Å². The molecule has 1 atom stereocenters. The van der Waals surface area contributed by atoms with E-state index in [4.69, 9.17) is 24.5 Å². The molecular formula is C22H26F6N4O5S. The molecule has 9 nitrogen and oxygen atoms in total. The summed E-state index contributed by atoms with van der Waals surface area (Å²) in [6.07, 6.45) is -6.02. The summed E-state index contributed by atoms with van der Waals surface area (Å²) in [4.78, 5) is 30.3. The van der Waals surface area contributed by atoms with Gasteiger partial charge < -0.3 is 20.3 Å². The van der Waals surface area contributed by atoms with Gasteiger partial charge in [-0.05, 0) is 37.8 Å². The number of nitrogens with zero attached hydrogens (tertiary/aromatic N) is 3. The molecule has 3 N–H and O–H groups in total. The van der Waals surface area contributed by atoms with Crippen molar-refractivity contribution in [2.45, 2.75) is 44.3 Å². The van der Waals surface area contributed by atoms with Crippen LogP contribution in [0.4, 0.5) is 32.2 Å². The van der Waals surface area contributed by atoms with Gasteiger partial charge in [0.25, 0.3) is 0 Å². The average Bonchev–Trinajstić information content (AvgIpc) is 3.40. The molecule has 1 unspecified atom stereocenters. The van der Waals surface area contributed by atoms with Crippen molar-refractivity contribution in [2.24, 2.45) is 5.92 Å². The summed E-state index contributed by atoms with van der Waals surface area (Å²) in [5.74, 6) is -3.91. The topological polar surface area (TPSA) is 125 Å². The first-order valence-corrected chi connectivity index (χ1v) is 12.0. The molecule has 4 heterocycles. The molecule has 2 aromatic rings. The second-order valence-electron chi connectivity index (χ2n) is 8.44. The highest BCUT2D eigenvalue weighted by Gasteiger charge is 2.52. The zero-order valence-corrected chi connectivity index (χ0v) is 20.9. The number of aliphatic carboxylic acids is 2. The molecule has 38 heavy (non-hydrogen) atoms. The van der Waals surface area contributed by atoms with Crippen LogP contribution in [0.1, 0.15) is 23.4 Å². The van der Waals surface area contributed by atoms with Gasteiger partial charge in [-0.3, -0.25) is 4.90 Å². The van der Waals surface area contributed by atoms with Gasteiger partial charge >= 0.3 is 24.3 Å². The largest absolute Gasteiger partial charge is 0.490 e. The van der Waals surface area contributed by atoms with Crippen molar-refractivity contribution in [3.8, 4) is 0 Å². The van der Waals surface area contributed by atoms with Gasteiger partial charge in [0.2, 0.25) is 0 Å². The minimum absolute atomic E-state index is 0.0877. The summed E-state index contributed by atoms with van der Waals surface area (Å²) in [5.41, 5.74) is 3.20. The lowest BCUT2D eigenvalue weighted by Crippen LogP contribution is -2.64. The van der Waals surface area contributed by atoms with Crippen molar-refractivity contribution in [3.05, 3.63) is 40.5 Å². The highest BCUT2D eigenvalue weighted by atomic mass is 32.1. The van der Waals surface area contributed by atoms with Crippen LogP contribution < -0.4 is 5.32 Å². The number of hydrogen-bond donors (Lipinski definition) is 3. The maximum Gasteiger partial charge on any atom is 0.490 e. The zero-order chi connectivity index (χ0) is 28.6. The van der Waals surface area contributed by atoms with Crippen molar-refractivity contribution < 1.29 is 50.9 Å². The molecule has 0 bridgehead atoms. The number of anilines is 1. The van der Waals surface area contributed by atoms with Crippen LogP contribution in [0.2, 0.25) is 0 Å². The van der Waals surface area contributed by atoms with Crippen LogP contribution in [-0.2, 0) is 20.9 Å². The maximum atomic E-state index is 10.6. The Balaban J connectivity index is 0.000000301. The van der Waals surface area contributed by atoms with Gasteiger partial charge in [-0.2, -0.15) is 26.3 Å². The lowest BCUT2D eigenvalue weighted by molar-refractivity contribution is -0.193. The summed E-state index contributed by atoms with van der Waals surface area (Å²) in [6.45, 7) is 7.08. The van der Waals surface area contributed by atoms with E-state index < -0.39 is 24.3 Å². The highest BCUT2D eigenvalue weighted by Crippen LogP contribution is 2.42. The normalized spacial score (nSPS) is 18.4. The number of rotatable bonds is 6. The lowest BCUT2D eigenvalue weighted by Gasteiger charge is -2.50. The Morgan fingerprint density at radius 2 is 1.74 bits per heavy atom. The number of halogens is 6. The SMILES string of the molecule is Cc1ncsc1CN1CC2(C1)OCCC2CCNc1ccccn1.O=C(O)C(F)(F)F.O=C(O)C(F)(F)F. The monoisotopic (exact) mass is 572 g/mol. The molecule has 1 spiro atoms. The van der Waals surface area contributed by atoms with E-state index in [0.29, 0.717) is 5.92 Å². The molecule has 16 heteroatoms. The van der Waals surface area contributed by atoms with Crippen molar-refractivity contribution in [1.29, 1.82) is 0 Å². The Morgan fingerprint density at radius 3 is 2.21 bits per heavy atom. The molecule has 2 aliphatic rings. The third-order valence-corrected chi connectivity index (χ3v) is 6.66. The van der Waals surface area contributed by atoms with Crippen molar-refractivity contribution in [3.63, 3.8) is 0 Å². The molecule has 0 aromatic carbocycles. The first-order chi connectivity index (χ1) is 17.6. The zero-order valence-electron chi connectivity index (χ0n) is 20.1. The molecule has 4 rings (SSSR count). The van der Waals surface area contributed by atoms with Crippen LogP contribution in [-0.4, -0.2) is 81.2 Å². The van der Waals surface area contributed by atoms with Gasteiger partial charge in [0.15, 0.2) is 0 Å². The van der Waals surface area contributed by atoms with Crippen LogP contribution >= 0.6 is 11.3 Å². The Bertz CT molecular complexity index is 1020. The second kappa shape index (κ2) is 13.2. The number of thiazole rings is 1. The fraction of sp³-hybridized carbons (Fsp3) is 0.545. The van der Waals surface area contributed by atoms with Crippen molar-refractivity contribution in [1.82, 2.24) is 14.9 Å². The lowest BCUT2D eigenvalue weighted by atomic mass is 9.79. The number of hydrogen-bond acceptors (Lipinski definition) is 8. The molecule has 2 aliphatic heterocycles. The third kappa shape index (κ3) is 9.40. The number of pyridine rings is 1. The first-order valence-electron chi connectivity index (χ1n) is 11.1. The molecule has 2 fully saturated rings. The van der Waals surface area contributed by atoms with E-state index in [0.717, 1.165) is 45.0 Å². The average molecular weight is 573 g/mol. The van der Waals surface area contributed by atoms with Crippen LogP contribution in [0, 0.1) is 12.8 Å². The standard InChI is InChI=1S/C18H24N4OS.2C2HF3O2/c1-14-16(24-13-21-14)10-22-11-18(12-22)15(6-9-23-18)5-8-20-17-4-2-3-7-19-17;2*3-2(4,5)1(6)7/h2-4,7,13,15H,5-6,8-12H2,1H3,(H,19,20);2*(H,6,7).